The number of hydrogen-bond acceptors (Lipinski definition) is 3. The van der Waals surface area contributed by atoms with Gasteiger partial charge in [0, 0.05) is 5.56 Å². The molecule has 2 aromatic rings. The molecule has 0 aliphatic carbocycles. The lowest BCUT2D eigenvalue weighted by molar-refractivity contribution is 0.0955. The van der Waals surface area contributed by atoms with E-state index >= 15 is 0 Å². The molecule has 2 rings (SSSR count). The zero-order chi connectivity index (χ0) is 17.7. The van der Waals surface area contributed by atoms with Crippen LogP contribution in [0, 0.1) is 0 Å². The van der Waals surface area contributed by atoms with E-state index in [1.165, 1.54) is 5.56 Å². The van der Waals surface area contributed by atoms with Crippen LogP contribution in [0.2, 0.25) is 0 Å². The van der Waals surface area contributed by atoms with Crippen molar-refractivity contribution in [3.8, 4) is 5.75 Å². The van der Waals surface area contributed by atoms with E-state index in [1.54, 1.807) is 31.4 Å². The number of rotatable bonds is 4. The highest BCUT2D eigenvalue weighted by Gasteiger charge is 2.13. The summed E-state index contributed by atoms with van der Waals surface area (Å²) in [6.45, 7) is 8.41. The fraction of sp³-hybridized carbons (Fsp3) is 0.300. The monoisotopic (exact) mass is 324 g/mol. The molecule has 0 unspecified atom stereocenters. The molecular weight excluding hydrogens is 300 g/mol. The summed E-state index contributed by atoms with van der Waals surface area (Å²) < 4.78 is 5.08. The predicted molar refractivity (Wildman–Crippen MR) is 97.8 cm³/mol. The molecular formula is C20H24N2O2. The molecule has 0 fully saturated rings. The first-order chi connectivity index (χ1) is 11.3. The summed E-state index contributed by atoms with van der Waals surface area (Å²) >= 11 is 0. The van der Waals surface area contributed by atoms with E-state index in [-0.39, 0.29) is 11.3 Å². The van der Waals surface area contributed by atoms with Gasteiger partial charge in [-0.05, 0) is 47.7 Å². The third-order valence-electron chi connectivity index (χ3n) is 3.85. The van der Waals surface area contributed by atoms with Gasteiger partial charge >= 0.3 is 0 Å². The molecule has 0 atom stereocenters. The summed E-state index contributed by atoms with van der Waals surface area (Å²) in [5, 5.41) is 4.19. The van der Waals surface area contributed by atoms with Gasteiger partial charge in [0.2, 0.25) is 0 Å². The van der Waals surface area contributed by atoms with Crippen LogP contribution in [0.3, 0.4) is 0 Å². The average Bonchev–Trinajstić information content (AvgIpc) is 2.58. The van der Waals surface area contributed by atoms with Crippen LogP contribution < -0.4 is 10.2 Å². The minimum absolute atomic E-state index is 0.117. The molecule has 0 radical (unpaired) electrons. The molecule has 0 aromatic heterocycles. The molecule has 0 aliphatic heterocycles. The average molecular weight is 324 g/mol. The van der Waals surface area contributed by atoms with Gasteiger partial charge in [-0.15, -0.1) is 0 Å². The number of benzene rings is 2. The Morgan fingerprint density at radius 3 is 2.00 bits per heavy atom. The van der Waals surface area contributed by atoms with Gasteiger partial charge in [-0.2, -0.15) is 5.10 Å². The Kier molecular flexibility index (Phi) is 5.39. The molecule has 0 spiro atoms. The van der Waals surface area contributed by atoms with Crippen LogP contribution in [0.1, 0.15) is 49.2 Å². The smallest absolute Gasteiger partial charge is 0.271 e. The van der Waals surface area contributed by atoms with E-state index in [2.05, 4.69) is 43.4 Å². The Labute approximate surface area is 143 Å². The Bertz CT molecular complexity index is 724. The molecule has 1 N–H and O–H groups in total. The van der Waals surface area contributed by atoms with Crippen LogP contribution in [0.25, 0.3) is 0 Å². The van der Waals surface area contributed by atoms with Gasteiger partial charge in [0.1, 0.15) is 5.75 Å². The second kappa shape index (κ2) is 7.30. The van der Waals surface area contributed by atoms with Crippen molar-refractivity contribution in [3.05, 3.63) is 65.2 Å². The topological polar surface area (TPSA) is 50.7 Å². The van der Waals surface area contributed by atoms with Gasteiger partial charge in [0.25, 0.3) is 5.91 Å². The lowest BCUT2D eigenvalue weighted by atomic mass is 9.86. The molecule has 126 valence electrons. The maximum Gasteiger partial charge on any atom is 0.271 e. The molecule has 0 saturated heterocycles. The van der Waals surface area contributed by atoms with Gasteiger partial charge in [-0.25, -0.2) is 5.43 Å². The zero-order valence-corrected chi connectivity index (χ0v) is 14.9. The van der Waals surface area contributed by atoms with Gasteiger partial charge in [0.15, 0.2) is 0 Å². The summed E-state index contributed by atoms with van der Waals surface area (Å²) in [5.41, 5.74) is 6.25. The van der Waals surface area contributed by atoms with Gasteiger partial charge in [-0.1, -0.05) is 45.0 Å². The van der Waals surface area contributed by atoms with Crippen LogP contribution in [0.5, 0.6) is 5.75 Å². The summed E-state index contributed by atoms with van der Waals surface area (Å²) in [6, 6.07) is 15.2. The molecule has 1 amide bonds. The van der Waals surface area contributed by atoms with Crippen LogP contribution in [0.4, 0.5) is 0 Å². The number of ether oxygens (including phenoxy) is 1. The molecule has 2 aromatic carbocycles. The van der Waals surface area contributed by atoms with Gasteiger partial charge < -0.3 is 4.74 Å². The van der Waals surface area contributed by atoms with E-state index in [0.29, 0.717) is 11.3 Å². The van der Waals surface area contributed by atoms with Crippen molar-refractivity contribution in [2.45, 2.75) is 33.1 Å². The summed E-state index contributed by atoms with van der Waals surface area (Å²) in [5.74, 6) is 0.466. The number of carbonyl (C=O) groups excluding carboxylic acids is 1. The van der Waals surface area contributed by atoms with Crippen LogP contribution in [0.15, 0.2) is 53.6 Å². The molecule has 0 saturated carbocycles. The Morgan fingerprint density at radius 1 is 0.958 bits per heavy atom. The number of hydrogen-bond donors (Lipinski definition) is 1. The van der Waals surface area contributed by atoms with E-state index in [1.807, 2.05) is 19.1 Å². The molecule has 0 heterocycles. The Hall–Kier alpha value is -2.62. The van der Waals surface area contributed by atoms with Crippen LogP contribution in [-0.4, -0.2) is 18.7 Å². The van der Waals surface area contributed by atoms with Gasteiger partial charge in [0.05, 0.1) is 12.8 Å². The maximum absolute atomic E-state index is 12.1. The van der Waals surface area contributed by atoms with Gasteiger partial charge in [-0.3, -0.25) is 4.79 Å². The summed E-state index contributed by atoms with van der Waals surface area (Å²) in [7, 11) is 1.59. The first kappa shape index (κ1) is 17.7. The summed E-state index contributed by atoms with van der Waals surface area (Å²) in [4.78, 5) is 12.1. The largest absolute Gasteiger partial charge is 0.497 e. The SMILES string of the molecule is COc1ccc(C(=O)NN=C(C)c2ccc(C(C)(C)C)cc2)cc1. The highest BCUT2D eigenvalue weighted by molar-refractivity contribution is 6.00. The maximum atomic E-state index is 12.1. The highest BCUT2D eigenvalue weighted by atomic mass is 16.5. The molecule has 24 heavy (non-hydrogen) atoms. The van der Waals surface area contributed by atoms with Crippen molar-refractivity contribution < 1.29 is 9.53 Å². The quantitative estimate of drug-likeness (QED) is 0.678. The van der Waals surface area contributed by atoms with Crippen LogP contribution in [-0.2, 0) is 5.41 Å². The third-order valence-corrected chi connectivity index (χ3v) is 3.85. The van der Waals surface area contributed by atoms with Crippen molar-refractivity contribution >= 4 is 11.6 Å². The van der Waals surface area contributed by atoms with Crippen molar-refractivity contribution in [2.75, 3.05) is 7.11 Å². The molecule has 0 bridgehead atoms. The van der Waals surface area contributed by atoms with E-state index in [9.17, 15) is 4.79 Å². The molecule has 4 heteroatoms. The second-order valence-electron chi connectivity index (χ2n) is 6.69. The first-order valence-corrected chi connectivity index (χ1v) is 7.91. The fourth-order valence-electron chi connectivity index (χ4n) is 2.22. The van der Waals surface area contributed by atoms with Crippen LogP contribution >= 0.6 is 0 Å². The zero-order valence-electron chi connectivity index (χ0n) is 14.9. The fourth-order valence-corrected chi connectivity index (χ4v) is 2.22. The van der Waals surface area contributed by atoms with E-state index < -0.39 is 0 Å². The number of nitrogens with zero attached hydrogens (tertiary/aromatic N) is 1. The van der Waals surface area contributed by atoms with Crippen molar-refractivity contribution in [2.24, 2.45) is 5.10 Å². The Morgan fingerprint density at radius 2 is 1.50 bits per heavy atom. The first-order valence-electron chi connectivity index (χ1n) is 7.91. The number of carbonyl (C=O) groups is 1. The lowest BCUT2D eigenvalue weighted by Gasteiger charge is -2.19. The second-order valence-corrected chi connectivity index (χ2v) is 6.69. The van der Waals surface area contributed by atoms with Crippen molar-refractivity contribution in [1.29, 1.82) is 0 Å². The number of amides is 1. The standard InChI is InChI=1S/C20H24N2O2/c1-14(15-6-10-17(11-7-15)20(2,3)4)21-22-19(23)16-8-12-18(24-5)13-9-16/h6-13H,1-5H3,(H,22,23). The van der Waals surface area contributed by atoms with Crippen molar-refractivity contribution in [1.82, 2.24) is 5.43 Å². The molecule has 0 aliphatic rings. The van der Waals surface area contributed by atoms with Crippen molar-refractivity contribution in [3.63, 3.8) is 0 Å². The van der Waals surface area contributed by atoms with E-state index in [0.717, 1.165) is 11.3 Å². The molecule has 4 nitrogen and oxygen atoms in total. The number of hydrazone groups is 1. The normalized spacial score (nSPS) is 12.0. The third kappa shape index (κ3) is 4.44. The summed E-state index contributed by atoms with van der Waals surface area (Å²) in [6.07, 6.45) is 0. The minimum Gasteiger partial charge on any atom is -0.497 e. The lowest BCUT2D eigenvalue weighted by Crippen LogP contribution is -2.19. The predicted octanol–water partition coefficient (Wildman–Crippen LogP) is 4.15. The number of methoxy groups -OCH3 is 1. The number of nitrogens with one attached hydrogen (secondary N) is 1. The Balaban J connectivity index is 2.06. The van der Waals surface area contributed by atoms with E-state index in [4.69, 9.17) is 4.74 Å². The highest BCUT2D eigenvalue weighted by Crippen LogP contribution is 2.22. The minimum atomic E-state index is -0.247.